The third kappa shape index (κ3) is 4.93. The molecule has 4 atom stereocenters. The minimum Gasteiger partial charge on any atom is -0.479 e. The van der Waals surface area contributed by atoms with Crippen molar-refractivity contribution in [1.82, 2.24) is 14.5 Å². The van der Waals surface area contributed by atoms with Gasteiger partial charge in [0.25, 0.3) is 0 Å². The maximum atomic E-state index is 14.6. The first-order chi connectivity index (χ1) is 16.5. The smallest absolute Gasteiger partial charge is 0.343 e. The summed E-state index contributed by atoms with van der Waals surface area (Å²) in [7, 11) is 0. The molecule has 1 aromatic heterocycles. The lowest BCUT2D eigenvalue weighted by atomic mass is 9.85. The molecule has 0 bridgehead atoms. The molecule has 0 radical (unpaired) electrons. The molecule has 3 N–H and O–H groups in total. The van der Waals surface area contributed by atoms with E-state index in [2.05, 4.69) is 4.98 Å². The Bertz CT molecular complexity index is 1200. The highest BCUT2D eigenvalue weighted by Crippen LogP contribution is 2.40. The molecule has 1 aliphatic rings. The molecular formula is C21H17F3N4O7. The van der Waals surface area contributed by atoms with Crippen molar-refractivity contribution < 1.29 is 47.7 Å². The quantitative estimate of drug-likeness (QED) is 0.471. The van der Waals surface area contributed by atoms with Crippen LogP contribution in [-0.4, -0.2) is 60.1 Å². The molecule has 2 heterocycles. The number of likely N-dealkylation sites (tertiary alicyclic amines) is 1. The van der Waals surface area contributed by atoms with E-state index in [0.717, 1.165) is 12.1 Å². The average molecular weight is 494 g/mol. The van der Waals surface area contributed by atoms with E-state index in [4.69, 9.17) is 20.6 Å². The summed E-state index contributed by atoms with van der Waals surface area (Å²) >= 11 is 0. The van der Waals surface area contributed by atoms with Gasteiger partial charge in [-0.3, -0.25) is 4.79 Å². The standard InChI is InChI=1S/C21H17F3N4O7/c22-16(19(30)31)12-1-9(2-13(17(23)20(32)33)15(12)18(24)21(34)35)10-3-14(29)27(6-10)8-28-7-26-5-11(28)4-25/h1-2,5,7,10,16-18H,3,6,8H2,(H,30,31)(H,32,33)(H,34,35). The molecule has 1 saturated heterocycles. The van der Waals surface area contributed by atoms with Crippen LogP contribution in [0.25, 0.3) is 0 Å². The Morgan fingerprint density at radius 2 is 1.60 bits per heavy atom. The van der Waals surface area contributed by atoms with Crippen LogP contribution in [0.1, 0.15) is 58.8 Å². The molecule has 1 fully saturated rings. The number of carbonyl (C=O) groups excluding carboxylic acids is 1. The van der Waals surface area contributed by atoms with Crippen molar-refractivity contribution in [3.8, 4) is 6.07 Å². The fourth-order valence-electron chi connectivity index (χ4n) is 3.90. The van der Waals surface area contributed by atoms with Gasteiger partial charge < -0.3 is 24.8 Å². The molecule has 4 unspecified atom stereocenters. The summed E-state index contributed by atoms with van der Waals surface area (Å²) in [5, 5.41) is 36.3. The number of imidazole rings is 1. The molecule has 0 spiro atoms. The Labute approximate surface area is 194 Å². The maximum Gasteiger partial charge on any atom is 0.343 e. The third-order valence-corrected chi connectivity index (χ3v) is 5.55. The van der Waals surface area contributed by atoms with Gasteiger partial charge in [-0.2, -0.15) is 5.26 Å². The summed E-state index contributed by atoms with van der Waals surface area (Å²) in [6, 6.07) is 3.49. The number of carboxylic acids is 3. The van der Waals surface area contributed by atoms with Crippen LogP contribution in [0.4, 0.5) is 13.2 Å². The molecule has 2 aromatic rings. The summed E-state index contributed by atoms with van der Waals surface area (Å²) in [4.78, 5) is 51.4. The summed E-state index contributed by atoms with van der Waals surface area (Å²) in [6.07, 6.45) is -6.78. The molecule has 0 saturated carbocycles. The zero-order valence-corrected chi connectivity index (χ0v) is 17.6. The molecule has 1 aliphatic heterocycles. The highest BCUT2D eigenvalue weighted by atomic mass is 19.1. The minimum absolute atomic E-state index is 0.0772. The summed E-state index contributed by atoms with van der Waals surface area (Å²) in [5.74, 6) is -7.74. The van der Waals surface area contributed by atoms with E-state index in [-0.39, 0.29) is 30.9 Å². The van der Waals surface area contributed by atoms with Crippen molar-refractivity contribution in [2.24, 2.45) is 0 Å². The molecule has 1 amide bonds. The van der Waals surface area contributed by atoms with E-state index in [0.29, 0.717) is 0 Å². The van der Waals surface area contributed by atoms with Crippen molar-refractivity contribution in [1.29, 1.82) is 5.26 Å². The lowest BCUT2D eigenvalue weighted by Crippen LogP contribution is -2.28. The Morgan fingerprint density at radius 1 is 1.06 bits per heavy atom. The van der Waals surface area contributed by atoms with Crippen LogP contribution < -0.4 is 0 Å². The molecule has 14 heteroatoms. The van der Waals surface area contributed by atoms with Gasteiger partial charge in [0.15, 0.2) is 0 Å². The first kappa shape index (κ1) is 25.2. The topological polar surface area (TPSA) is 174 Å². The number of hydrogen-bond donors (Lipinski definition) is 3. The number of halogens is 3. The number of carboxylic acid groups (broad SMARTS) is 3. The number of amides is 1. The second kappa shape index (κ2) is 9.84. The van der Waals surface area contributed by atoms with Crippen LogP contribution in [0.15, 0.2) is 24.7 Å². The minimum atomic E-state index is -3.11. The Balaban J connectivity index is 2.09. The Hall–Kier alpha value is -4.41. The van der Waals surface area contributed by atoms with Crippen molar-refractivity contribution >= 4 is 23.8 Å². The van der Waals surface area contributed by atoms with Gasteiger partial charge in [0.05, 0.1) is 19.2 Å². The lowest BCUT2D eigenvalue weighted by molar-refractivity contribution is -0.145. The number of carbonyl (C=O) groups is 4. The zero-order chi connectivity index (χ0) is 26.0. The molecule has 184 valence electrons. The van der Waals surface area contributed by atoms with Gasteiger partial charge in [-0.1, -0.05) is 12.1 Å². The second-order valence-electron chi connectivity index (χ2n) is 7.73. The maximum absolute atomic E-state index is 14.6. The highest BCUT2D eigenvalue weighted by molar-refractivity contribution is 5.83. The normalized spacial score (nSPS) is 18.1. The Kier molecular flexibility index (Phi) is 7.09. The van der Waals surface area contributed by atoms with Crippen molar-refractivity contribution in [3.05, 3.63) is 52.6 Å². The summed E-state index contributed by atoms with van der Waals surface area (Å²) in [6.45, 7) is -0.171. The van der Waals surface area contributed by atoms with E-state index in [9.17, 15) is 32.3 Å². The van der Waals surface area contributed by atoms with E-state index in [1.807, 2.05) is 6.07 Å². The van der Waals surface area contributed by atoms with Gasteiger partial charge in [-0.05, 0) is 5.56 Å². The molecule has 3 rings (SSSR count). The number of aliphatic carboxylic acids is 3. The Morgan fingerprint density at radius 3 is 2.09 bits per heavy atom. The monoisotopic (exact) mass is 494 g/mol. The SMILES string of the molecule is N#Cc1cncn1CN1CC(c2cc(C(F)C(=O)O)c(C(F)C(=O)O)c(C(F)C(=O)O)c2)CC1=O. The van der Waals surface area contributed by atoms with Crippen LogP contribution in [-0.2, 0) is 25.8 Å². The van der Waals surface area contributed by atoms with Gasteiger partial charge in [-0.25, -0.2) is 32.5 Å². The van der Waals surface area contributed by atoms with Gasteiger partial charge in [-0.15, -0.1) is 0 Å². The molecular weight excluding hydrogens is 477 g/mol. The molecule has 0 aliphatic carbocycles. The largest absolute Gasteiger partial charge is 0.479 e. The van der Waals surface area contributed by atoms with E-state index >= 15 is 0 Å². The van der Waals surface area contributed by atoms with Crippen molar-refractivity contribution in [3.63, 3.8) is 0 Å². The van der Waals surface area contributed by atoms with Gasteiger partial charge >= 0.3 is 17.9 Å². The number of alkyl halides is 3. The second-order valence-corrected chi connectivity index (χ2v) is 7.73. The summed E-state index contributed by atoms with van der Waals surface area (Å²) < 4.78 is 45.1. The molecule has 1 aromatic carbocycles. The van der Waals surface area contributed by atoms with E-state index in [1.165, 1.54) is 22.0 Å². The zero-order valence-electron chi connectivity index (χ0n) is 17.6. The fraction of sp³-hybridized carbons (Fsp3) is 0.333. The molecule has 11 nitrogen and oxygen atoms in total. The number of nitriles is 1. The average Bonchev–Trinajstić information content (AvgIpc) is 3.42. The fourth-order valence-corrected chi connectivity index (χ4v) is 3.90. The van der Waals surface area contributed by atoms with E-state index < -0.39 is 64.9 Å². The number of aromatic nitrogens is 2. The summed E-state index contributed by atoms with van der Waals surface area (Å²) in [5.41, 5.74) is -3.29. The van der Waals surface area contributed by atoms with E-state index in [1.54, 1.807) is 0 Å². The van der Waals surface area contributed by atoms with Crippen molar-refractivity contribution in [2.45, 2.75) is 37.5 Å². The third-order valence-electron chi connectivity index (χ3n) is 5.55. The first-order valence-electron chi connectivity index (χ1n) is 9.92. The van der Waals surface area contributed by atoms with Gasteiger partial charge in [0.1, 0.15) is 11.8 Å². The molecule has 35 heavy (non-hydrogen) atoms. The van der Waals surface area contributed by atoms with Gasteiger partial charge in [0.2, 0.25) is 24.4 Å². The number of hydrogen-bond acceptors (Lipinski definition) is 6. The number of nitrogens with zero attached hydrogens (tertiary/aromatic N) is 4. The number of rotatable bonds is 9. The highest BCUT2D eigenvalue weighted by Gasteiger charge is 2.38. The lowest BCUT2D eigenvalue weighted by Gasteiger charge is -2.22. The predicted octanol–water partition coefficient (Wildman–Crippen LogP) is 2.01. The van der Waals surface area contributed by atoms with Crippen LogP contribution >= 0.6 is 0 Å². The van der Waals surface area contributed by atoms with Crippen LogP contribution in [0.5, 0.6) is 0 Å². The van der Waals surface area contributed by atoms with Crippen LogP contribution in [0.2, 0.25) is 0 Å². The van der Waals surface area contributed by atoms with Gasteiger partial charge in [0, 0.05) is 35.6 Å². The predicted molar refractivity (Wildman–Crippen MR) is 107 cm³/mol. The van der Waals surface area contributed by atoms with Crippen LogP contribution in [0, 0.1) is 11.3 Å². The number of benzene rings is 1. The first-order valence-corrected chi connectivity index (χ1v) is 9.92. The van der Waals surface area contributed by atoms with Crippen molar-refractivity contribution in [2.75, 3.05) is 6.54 Å². The van der Waals surface area contributed by atoms with Crippen LogP contribution in [0.3, 0.4) is 0 Å².